The van der Waals surface area contributed by atoms with Crippen LogP contribution in [0.15, 0.2) is 10.9 Å². The Morgan fingerprint density at radius 2 is 2.08 bits per heavy atom. The van der Waals surface area contributed by atoms with Crippen LogP contribution in [-0.4, -0.2) is 19.3 Å². The number of nitrogens with zero attached hydrogens (tertiary/aromatic N) is 4. The Balaban J connectivity index is 3.08. The Kier molecular flexibility index (Phi) is 1.39. The number of rotatable bonds is 0. The lowest BCUT2D eigenvalue weighted by molar-refractivity contribution is 0.873. The summed E-state index contributed by atoms with van der Waals surface area (Å²) < 4.78 is 2.70. The summed E-state index contributed by atoms with van der Waals surface area (Å²) in [4.78, 5) is 11.2. The van der Waals surface area contributed by atoms with Crippen molar-refractivity contribution >= 4 is 5.78 Å². The zero-order valence-electron chi connectivity index (χ0n) is 7.35. The molecule has 2 N–H and O–H groups in total. The van der Waals surface area contributed by atoms with Gasteiger partial charge in [-0.05, 0) is 13.8 Å². The minimum Gasteiger partial charge on any atom is -0.333 e. The fourth-order valence-electron chi connectivity index (χ4n) is 1.33. The van der Waals surface area contributed by atoms with Gasteiger partial charge < -0.3 is 5.84 Å². The third-order valence-electron chi connectivity index (χ3n) is 1.95. The molecule has 0 aliphatic rings. The molecule has 0 atom stereocenters. The normalized spacial score (nSPS) is 10.9. The van der Waals surface area contributed by atoms with Gasteiger partial charge in [0, 0.05) is 11.8 Å². The average Bonchev–Trinajstić information content (AvgIpc) is 2.44. The third kappa shape index (κ3) is 0.915. The SMILES string of the molecule is Cc1cc(=O)n(N)c2nnc(C)n12. The van der Waals surface area contributed by atoms with Crippen molar-refractivity contribution in [3.05, 3.63) is 27.9 Å². The first-order valence-corrected chi connectivity index (χ1v) is 3.80. The van der Waals surface area contributed by atoms with Crippen LogP contribution in [0, 0.1) is 13.8 Å². The Morgan fingerprint density at radius 3 is 2.77 bits per heavy atom. The van der Waals surface area contributed by atoms with Gasteiger partial charge in [-0.15, -0.1) is 10.2 Å². The molecule has 6 heteroatoms. The quantitative estimate of drug-likeness (QED) is 0.538. The van der Waals surface area contributed by atoms with E-state index in [0.717, 1.165) is 10.4 Å². The van der Waals surface area contributed by atoms with E-state index in [-0.39, 0.29) is 5.56 Å². The van der Waals surface area contributed by atoms with Crippen LogP contribution in [0.5, 0.6) is 0 Å². The van der Waals surface area contributed by atoms with Gasteiger partial charge >= 0.3 is 0 Å². The number of aryl methyl sites for hydroxylation is 2. The summed E-state index contributed by atoms with van der Waals surface area (Å²) >= 11 is 0. The van der Waals surface area contributed by atoms with Gasteiger partial charge in [0.1, 0.15) is 5.82 Å². The second-order valence-electron chi connectivity index (χ2n) is 2.88. The van der Waals surface area contributed by atoms with Gasteiger partial charge in [0.2, 0.25) is 0 Å². The van der Waals surface area contributed by atoms with E-state index in [9.17, 15) is 4.79 Å². The lowest BCUT2D eigenvalue weighted by Crippen LogP contribution is -2.29. The third-order valence-corrected chi connectivity index (χ3v) is 1.95. The number of hydrogen-bond donors (Lipinski definition) is 1. The molecule has 0 aromatic carbocycles. The molecule has 0 saturated carbocycles. The fourth-order valence-corrected chi connectivity index (χ4v) is 1.33. The zero-order chi connectivity index (χ0) is 9.59. The summed E-state index contributed by atoms with van der Waals surface area (Å²) in [6.07, 6.45) is 0. The number of nitrogen functional groups attached to an aromatic ring is 1. The van der Waals surface area contributed by atoms with Crippen molar-refractivity contribution in [1.29, 1.82) is 0 Å². The van der Waals surface area contributed by atoms with E-state index in [0.29, 0.717) is 11.6 Å². The van der Waals surface area contributed by atoms with Crippen LogP contribution < -0.4 is 11.4 Å². The number of fused-ring (bicyclic) bond motifs is 1. The molecule has 0 bridgehead atoms. The second kappa shape index (κ2) is 2.32. The first-order valence-electron chi connectivity index (χ1n) is 3.80. The maximum atomic E-state index is 11.2. The highest BCUT2D eigenvalue weighted by Crippen LogP contribution is 2.01. The van der Waals surface area contributed by atoms with E-state index in [4.69, 9.17) is 5.84 Å². The summed E-state index contributed by atoms with van der Waals surface area (Å²) in [5, 5.41) is 7.62. The van der Waals surface area contributed by atoms with Gasteiger partial charge in [-0.25, -0.2) is 0 Å². The van der Waals surface area contributed by atoms with E-state index in [2.05, 4.69) is 10.2 Å². The van der Waals surface area contributed by atoms with Gasteiger partial charge in [-0.2, -0.15) is 4.68 Å². The van der Waals surface area contributed by atoms with Crippen LogP contribution >= 0.6 is 0 Å². The maximum absolute atomic E-state index is 11.2. The molecule has 0 amide bonds. The van der Waals surface area contributed by atoms with Crippen molar-refractivity contribution in [2.24, 2.45) is 0 Å². The van der Waals surface area contributed by atoms with Crippen LogP contribution in [0.2, 0.25) is 0 Å². The minimum absolute atomic E-state index is 0.280. The number of hydrogen-bond acceptors (Lipinski definition) is 4. The van der Waals surface area contributed by atoms with Crippen LogP contribution in [0.1, 0.15) is 11.5 Å². The highest BCUT2D eigenvalue weighted by atomic mass is 16.1. The van der Waals surface area contributed by atoms with Gasteiger partial charge in [0.25, 0.3) is 11.3 Å². The summed E-state index contributed by atoms with van der Waals surface area (Å²) in [5.41, 5.74) is 0.501. The molecular formula is C7H9N5O. The summed E-state index contributed by atoms with van der Waals surface area (Å²) in [7, 11) is 0. The molecule has 0 unspecified atom stereocenters. The van der Waals surface area contributed by atoms with Crippen molar-refractivity contribution in [3.63, 3.8) is 0 Å². The predicted molar refractivity (Wildman–Crippen MR) is 46.9 cm³/mol. The molecule has 0 aliphatic carbocycles. The molecule has 0 radical (unpaired) electrons. The van der Waals surface area contributed by atoms with E-state index < -0.39 is 0 Å². The molecule has 0 fully saturated rings. The number of nitrogens with two attached hydrogens (primary N) is 1. The van der Waals surface area contributed by atoms with E-state index in [1.54, 1.807) is 11.3 Å². The second-order valence-corrected chi connectivity index (χ2v) is 2.88. The van der Waals surface area contributed by atoms with Gasteiger partial charge in [0.05, 0.1) is 0 Å². The van der Waals surface area contributed by atoms with Crippen molar-refractivity contribution in [2.75, 3.05) is 5.84 Å². The van der Waals surface area contributed by atoms with E-state index >= 15 is 0 Å². The first kappa shape index (κ1) is 7.78. The van der Waals surface area contributed by atoms with Crippen molar-refractivity contribution < 1.29 is 0 Å². The smallest absolute Gasteiger partial charge is 0.273 e. The Labute approximate surface area is 73.6 Å². The monoisotopic (exact) mass is 179 g/mol. The van der Waals surface area contributed by atoms with E-state index in [1.807, 2.05) is 6.92 Å². The van der Waals surface area contributed by atoms with Crippen molar-refractivity contribution in [3.8, 4) is 0 Å². The molecule has 0 aliphatic heterocycles. The van der Waals surface area contributed by atoms with Crippen LogP contribution in [0.3, 0.4) is 0 Å². The molecule has 2 rings (SSSR count). The highest BCUT2D eigenvalue weighted by Gasteiger charge is 2.07. The van der Waals surface area contributed by atoms with Gasteiger partial charge in [-0.3, -0.25) is 9.20 Å². The Hall–Kier alpha value is -1.85. The van der Waals surface area contributed by atoms with Crippen LogP contribution in [0.25, 0.3) is 5.78 Å². The predicted octanol–water partition coefficient (Wildman–Crippen LogP) is -0.778. The average molecular weight is 179 g/mol. The molecule has 0 spiro atoms. The largest absolute Gasteiger partial charge is 0.333 e. The standard InChI is InChI=1S/C7H9N5O/c1-4-3-6(13)12(8)7-10-9-5(2)11(4)7/h3H,8H2,1-2H3. The number of aromatic nitrogens is 4. The van der Waals surface area contributed by atoms with Crippen LogP contribution in [0.4, 0.5) is 0 Å². The topological polar surface area (TPSA) is 78.2 Å². The molecule has 2 aromatic heterocycles. The maximum Gasteiger partial charge on any atom is 0.273 e. The molecule has 6 nitrogen and oxygen atoms in total. The molecule has 2 aromatic rings. The van der Waals surface area contributed by atoms with Crippen molar-refractivity contribution in [2.45, 2.75) is 13.8 Å². The molecule has 13 heavy (non-hydrogen) atoms. The van der Waals surface area contributed by atoms with Crippen molar-refractivity contribution in [1.82, 2.24) is 19.3 Å². The Bertz CT molecular complexity index is 523. The highest BCUT2D eigenvalue weighted by molar-refractivity contribution is 5.31. The Morgan fingerprint density at radius 1 is 1.38 bits per heavy atom. The summed E-state index contributed by atoms with van der Waals surface area (Å²) in [6.45, 7) is 3.61. The fraction of sp³-hybridized carbons (Fsp3) is 0.286. The first-order chi connectivity index (χ1) is 6.11. The zero-order valence-corrected chi connectivity index (χ0v) is 7.35. The van der Waals surface area contributed by atoms with Gasteiger partial charge in [-0.1, -0.05) is 0 Å². The van der Waals surface area contributed by atoms with E-state index in [1.165, 1.54) is 6.07 Å². The minimum atomic E-state index is -0.280. The molecule has 2 heterocycles. The lowest BCUT2D eigenvalue weighted by atomic mass is 10.4. The van der Waals surface area contributed by atoms with Gasteiger partial charge in [0.15, 0.2) is 0 Å². The molecule has 0 saturated heterocycles. The summed E-state index contributed by atoms with van der Waals surface area (Å²) in [5.74, 6) is 6.56. The van der Waals surface area contributed by atoms with Crippen LogP contribution in [-0.2, 0) is 0 Å². The summed E-state index contributed by atoms with van der Waals surface area (Å²) in [6, 6.07) is 1.45. The lowest BCUT2D eigenvalue weighted by Gasteiger charge is -2.02. The molecule has 68 valence electrons. The molecular weight excluding hydrogens is 170 g/mol.